The summed E-state index contributed by atoms with van der Waals surface area (Å²) < 4.78 is 4.96. The van der Waals surface area contributed by atoms with Gasteiger partial charge in [0.05, 0.1) is 0 Å². The highest BCUT2D eigenvalue weighted by Gasteiger charge is 2.34. The Kier molecular flexibility index (Phi) is 16.3. The van der Waals surface area contributed by atoms with Crippen molar-refractivity contribution in [2.45, 2.75) is 64.7 Å². The number of hydrogen-bond donors (Lipinski definition) is 2. The van der Waals surface area contributed by atoms with E-state index in [1.54, 1.807) is 24.3 Å². The number of rotatable bonds is 6. The molecule has 1 amide bonds. The van der Waals surface area contributed by atoms with Crippen molar-refractivity contribution in [3.05, 3.63) is 102 Å². The van der Waals surface area contributed by atoms with Crippen molar-refractivity contribution in [3.63, 3.8) is 0 Å². The summed E-state index contributed by atoms with van der Waals surface area (Å²) in [5.41, 5.74) is 8.62. The Labute approximate surface area is 240 Å². The number of terminal acetylenes is 1. The monoisotopic (exact) mass is 538 g/mol. The highest BCUT2D eigenvalue weighted by Crippen LogP contribution is 2.39. The maximum Gasteiger partial charge on any atom is 0.302 e. The molecule has 1 aliphatic rings. The molecular weight excluding hydrogens is 496 g/mol. The summed E-state index contributed by atoms with van der Waals surface area (Å²) >= 11 is 0. The third-order valence-corrected chi connectivity index (χ3v) is 6.55. The SMILES string of the molecule is C#C.CC.CCc1ccccc1C(=O)NCC1(c2ccccc2)CCCCC1.N#CN=C(N)Oc1ccccc1. The molecule has 0 spiro atoms. The van der Waals surface area contributed by atoms with Crippen LogP contribution >= 0.6 is 0 Å². The number of carbonyl (C=O) groups is 1. The van der Waals surface area contributed by atoms with E-state index in [0.717, 1.165) is 36.9 Å². The van der Waals surface area contributed by atoms with Crippen LogP contribution in [0.5, 0.6) is 5.75 Å². The van der Waals surface area contributed by atoms with Crippen LogP contribution in [-0.4, -0.2) is 18.5 Å². The zero-order valence-electron chi connectivity index (χ0n) is 24.0. The van der Waals surface area contributed by atoms with Crippen molar-refractivity contribution < 1.29 is 9.53 Å². The molecule has 0 aliphatic heterocycles. The molecule has 3 N–H and O–H groups in total. The van der Waals surface area contributed by atoms with Gasteiger partial charge in [0.25, 0.3) is 5.91 Å². The molecule has 1 saturated carbocycles. The molecule has 6 heteroatoms. The summed E-state index contributed by atoms with van der Waals surface area (Å²) in [7, 11) is 0. The lowest BCUT2D eigenvalue weighted by Crippen LogP contribution is -2.42. The third-order valence-electron chi connectivity index (χ3n) is 6.55. The molecule has 1 aliphatic carbocycles. The van der Waals surface area contributed by atoms with Crippen LogP contribution in [0.2, 0.25) is 0 Å². The summed E-state index contributed by atoms with van der Waals surface area (Å²) in [5.74, 6) is 0.627. The highest BCUT2D eigenvalue weighted by molar-refractivity contribution is 5.95. The van der Waals surface area contributed by atoms with E-state index in [0.29, 0.717) is 5.75 Å². The molecule has 3 aromatic carbocycles. The van der Waals surface area contributed by atoms with E-state index in [2.05, 4.69) is 60.4 Å². The Hall–Kier alpha value is -4.55. The second-order valence-corrected chi connectivity index (χ2v) is 8.87. The highest BCUT2D eigenvalue weighted by atomic mass is 16.5. The first-order valence-electron chi connectivity index (χ1n) is 13.8. The normalized spacial score (nSPS) is 13.2. The standard InChI is InChI=1S/C22H27NO.C8H7N3O.C2H6.C2H2/c1-2-18-11-7-8-14-20(18)21(24)23-17-22(15-9-4-10-16-22)19-12-5-3-6-13-19;9-6-11-8(10)12-7-4-2-1-3-5-7;2*1-2/h3,5-8,11-14H,2,4,9-10,15-17H2,1H3,(H,23,24);1-5H,(H2,10,11);1-2H3;1-2H. The zero-order valence-corrected chi connectivity index (χ0v) is 24.0. The largest absolute Gasteiger partial charge is 0.426 e. The number of nitrogens with zero attached hydrogens (tertiary/aromatic N) is 2. The Morgan fingerprint density at radius 2 is 1.50 bits per heavy atom. The van der Waals surface area contributed by atoms with Gasteiger partial charge in [-0.2, -0.15) is 5.26 Å². The van der Waals surface area contributed by atoms with Gasteiger partial charge in [-0.15, -0.1) is 17.8 Å². The van der Waals surface area contributed by atoms with Crippen LogP contribution in [0.3, 0.4) is 0 Å². The van der Waals surface area contributed by atoms with Crippen LogP contribution in [0.25, 0.3) is 0 Å². The fourth-order valence-corrected chi connectivity index (χ4v) is 4.66. The van der Waals surface area contributed by atoms with Gasteiger partial charge in [-0.25, -0.2) is 0 Å². The van der Waals surface area contributed by atoms with Gasteiger partial charge in [-0.05, 0) is 48.6 Å². The van der Waals surface area contributed by atoms with Crippen LogP contribution in [0.15, 0.2) is 89.9 Å². The lowest BCUT2D eigenvalue weighted by atomic mass is 9.69. The van der Waals surface area contributed by atoms with Gasteiger partial charge in [-0.3, -0.25) is 4.79 Å². The van der Waals surface area contributed by atoms with Crippen molar-refractivity contribution in [1.29, 1.82) is 5.26 Å². The minimum atomic E-state index is -0.149. The number of amides is 1. The van der Waals surface area contributed by atoms with Gasteiger partial charge in [0.2, 0.25) is 6.19 Å². The van der Waals surface area contributed by atoms with E-state index in [1.807, 2.05) is 44.2 Å². The lowest BCUT2D eigenvalue weighted by Gasteiger charge is -2.38. The molecule has 0 atom stereocenters. The molecule has 210 valence electrons. The fourth-order valence-electron chi connectivity index (χ4n) is 4.66. The number of aryl methyl sites for hydroxylation is 1. The maximum atomic E-state index is 12.7. The lowest BCUT2D eigenvalue weighted by molar-refractivity contribution is 0.0935. The predicted molar refractivity (Wildman–Crippen MR) is 165 cm³/mol. The van der Waals surface area contributed by atoms with Crippen LogP contribution < -0.4 is 15.8 Å². The second-order valence-electron chi connectivity index (χ2n) is 8.87. The number of ether oxygens (including phenoxy) is 1. The predicted octanol–water partition coefficient (Wildman–Crippen LogP) is 7.02. The third kappa shape index (κ3) is 10.7. The molecule has 3 aromatic rings. The number of hydrogen-bond acceptors (Lipinski definition) is 4. The van der Waals surface area contributed by atoms with Crippen LogP contribution in [0.4, 0.5) is 0 Å². The van der Waals surface area contributed by atoms with Gasteiger partial charge in [-0.1, -0.05) is 107 Å². The Morgan fingerprint density at radius 1 is 0.950 bits per heavy atom. The average molecular weight is 539 g/mol. The van der Waals surface area contributed by atoms with Gasteiger partial charge in [0, 0.05) is 17.5 Å². The van der Waals surface area contributed by atoms with Crippen LogP contribution in [-0.2, 0) is 11.8 Å². The average Bonchev–Trinajstić information content (AvgIpc) is 3.03. The summed E-state index contributed by atoms with van der Waals surface area (Å²) in [6.45, 7) is 6.83. The molecule has 0 saturated heterocycles. The summed E-state index contributed by atoms with van der Waals surface area (Å²) in [5, 5.41) is 11.4. The number of nitrogens with two attached hydrogens (primary N) is 1. The minimum absolute atomic E-state index is 0.0633. The first-order valence-corrected chi connectivity index (χ1v) is 13.8. The molecule has 6 nitrogen and oxygen atoms in total. The van der Waals surface area contributed by atoms with E-state index in [4.69, 9.17) is 15.7 Å². The molecule has 1 fully saturated rings. The molecule has 4 rings (SSSR count). The van der Waals surface area contributed by atoms with Gasteiger partial charge < -0.3 is 15.8 Å². The molecule has 0 radical (unpaired) electrons. The van der Waals surface area contributed by atoms with Gasteiger partial charge >= 0.3 is 6.02 Å². The quantitative estimate of drug-likeness (QED) is 0.152. The first kappa shape index (κ1) is 33.5. The van der Waals surface area contributed by atoms with E-state index in [-0.39, 0.29) is 17.3 Å². The van der Waals surface area contributed by atoms with E-state index < -0.39 is 0 Å². The molecular formula is C34H42N4O2. The number of amidine groups is 1. The number of nitrogens with one attached hydrogen (secondary N) is 1. The zero-order chi connectivity index (χ0) is 29.6. The molecule has 0 bridgehead atoms. The number of benzene rings is 3. The van der Waals surface area contributed by atoms with Gasteiger partial charge in [0.15, 0.2) is 0 Å². The fraction of sp³-hybridized carbons (Fsp3) is 0.324. The minimum Gasteiger partial charge on any atom is -0.426 e. The molecule has 0 unspecified atom stereocenters. The Balaban J connectivity index is 0.000000421. The van der Waals surface area contributed by atoms with E-state index in [9.17, 15) is 4.79 Å². The van der Waals surface area contributed by atoms with Gasteiger partial charge in [0.1, 0.15) is 5.75 Å². The Bertz CT molecular complexity index is 1210. The number of carbonyl (C=O) groups excluding carboxylic acids is 1. The van der Waals surface area contributed by atoms with E-state index >= 15 is 0 Å². The van der Waals surface area contributed by atoms with Crippen molar-refractivity contribution in [1.82, 2.24) is 5.32 Å². The van der Waals surface area contributed by atoms with Crippen molar-refractivity contribution in [2.24, 2.45) is 10.7 Å². The Morgan fingerprint density at radius 3 is 2.08 bits per heavy atom. The number of para-hydroxylation sites is 1. The first-order chi connectivity index (χ1) is 19.6. The second kappa shape index (κ2) is 19.5. The number of nitriles is 1. The van der Waals surface area contributed by atoms with Crippen LogP contribution in [0.1, 0.15) is 74.4 Å². The molecule has 0 heterocycles. The summed E-state index contributed by atoms with van der Waals surface area (Å²) in [6, 6.07) is 27.4. The topological polar surface area (TPSA) is 100 Å². The molecule has 40 heavy (non-hydrogen) atoms. The summed E-state index contributed by atoms with van der Waals surface area (Å²) in [6.07, 6.45) is 16.5. The van der Waals surface area contributed by atoms with Crippen molar-refractivity contribution in [2.75, 3.05) is 6.54 Å². The van der Waals surface area contributed by atoms with Crippen LogP contribution in [0, 0.1) is 24.3 Å². The maximum absolute atomic E-state index is 12.7. The van der Waals surface area contributed by atoms with Crippen molar-refractivity contribution in [3.8, 4) is 24.8 Å². The van der Waals surface area contributed by atoms with Crippen molar-refractivity contribution >= 4 is 11.9 Å². The number of aliphatic imine (C=N–C) groups is 1. The van der Waals surface area contributed by atoms with E-state index in [1.165, 1.54) is 31.0 Å². The smallest absolute Gasteiger partial charge is 0.302 e. The molecule has 0 aromatic heterocycles. The summed E-state index contributed by atoms with van der Waals surface area (Å²) in [4.78, 5) is 15.9.